The number of nitrogens with one attached hydrogen (secondary N) is 2. The highest BCUT2D eigenvalue weighted by Gasteiger charge is 2.17. The summed E-state index contributed by atoms with van der Waals surface area (Å²) in [5.41, 5.74) is 13.2. The number of aromatic nitrogens is 2. The molecule has 1 aromatic carbocycles. The molecule has 0 atom stereocenters. The maximum Gasteiger partial charge on any atom is 0.267 e. The van der Waals surface area contributed by atoms with Crippen LogP contribution >= 0.6 is 0 Å². The van der Waals surface area contributed by atoms with Crippen LogP contribution in [0.5, 0.6) is 0 Å². The average Bonchev–Trinajstić information content (AvgIpc) is 2.71. The van der Waals surface area contributed by atoms with Crippen molar-refractivity contribution in [1.29, 1.82) is 0 Å². The Labute approximate surface area is 113 Å². The molecule has 1 aromatic heterocycles. The number of aromatic amines is 2. The molecule has 4 N–H and O–H groups in total. The molecule has 0 amide bonds. The van der Waals surface area contributed by atoms with Crippen molar-refractivity contribution < 1.29 is 0 Å². The fourth-order valence-corrected chi connectivity index (χ4v) is 2.57. The highest BCUT2D eigenvalue weighted by atomic mass is 16.1. The summed E-state index contributed by atoms with van der Waals surface area (Å²) in [6.07, 6.45) is 0.583. The van der Waals surface area contributed by atoms with E-state index in [9.17, 15) is 4.79 Å². The summed E-state index contributed by atoms with van der Waals surface area (Å²) in [5.74, 6) is 0. The summed E-state index contributed by atoms with van der Waals surface area (Å²) in [5, 5.41) is 5.70. The minimum atomic E-state index is -0.0709. The predicted molar refractivity (Wildman–Crippen MR) is 78.6 cm³/mol. The van der Waals surface area contributed by atoms with Crippen molar-refractivity contribution in [3.05, 3.63) is 44.2 Å². The molecule has 0 unspecified atom stereocenters. The van der Waals surface area contributed by atoms with Gasteiger partial charge in [0.2, 0.25) is 0 Å². The molecule has 0 bridgehead atoms. The quantitative estimate of drug-likeness (QED) is 0.789. The van der Waals surface area contributed by atoms with Gasteiger partial charge in [-0.1, -0.05) is 6.07 Å². The van der Waals surface area contributed by atoms with E-state index in [0.717, 1.165) is 16.8 Å². The highest BCUT2D eigenvalue weighted by molar-refractivity contribution is 5.72. The van der Waals surface area contributed by atoms with E-state index in [1.54, 1.807) is 0 Å². The normalized spacial score (nSPS) is 11.0. The first-order valence-electron chi connectivity index (χ1n) is 6.54. The van der Waals surface area contributed by atoms with E-state index in [2.05, 4.69) is 44.0 Å². The lowest BCUT2D eigenvalue weighted by Gasteiger charge is -2.15. The SMILES string of the molecule is Cc1cc(C)c(C)c(-c2[nH][nH]c(=O)c2CCN)c1C. The van der Waals surface area contributed by atoms with Gasteiger partial charge in [-0.2, -0.15) is 0 Å². The van der Waals surface area contributed by atoms with Crippen molar-refractivity contribution in [1.82, 2.24) is 10.2 Å². The molecule has 1 heterocycles. The molecule has 2 rings (SSSR count). The van der Waals surface area contributed by atoms with E-state index in [1.165, 1.54) is 22.3 Å². The van der Waals surface area contributed by atoms with Crippen LogP contribution < -0.4 is 11.3 Å². The molecule has 102 valence electrons. The van der Waals surface area contributed by atoms with E-state index >= 15 is 0 Å². The lowest BCUT2D eigenvalue weighted by molar-refractivity contribution is 0.959. The standard InChI is InChI=1S/C15H21N3O/c1-8-7-9(2)11(4)13(10(8)3)14-12(5-6-16)15(19)18-17-14/h7H,5-6,16H2,1-4H3,(H2,17,18,19). The van der Waals surface area contributed by atoms with Gasteiger partial charge in [-0.25, -0.2) is 0 Å². The van der Waals surface area contributed by atoms with Crippen molar-refractivity contribution in [2.75, 3.05) is 6.54 Å². The van der Waals surface area contributed by atoms with Gasteiger partial charge in [0.25, 0.3) is 5.56 Å². The van der Waals surface area contributed by atoms with E-state index < -0.39 is 0 Å². The van der Waals surface area contributed by atoms with E-state index in [-0.39, 0.29) is 5.56 Å². The average molecular weight is 259 g/mol. The Morgan fingerprint density at radius 2 is 1.63 bits per heavy atom. The molecule has 0 radical (unpaired) electrons. The summed E-state index contributed by atoms with van der Waals surface area (Å²) in [6, 6.07) is 2.18. The van der Waals surface area contributed by atoms with Crippen LogP contribution in [0.25, 0.3) is 11.3 Å². The van der Waals surface area contributed by atoms with Crippen molar-refractivity contribution in [3.63, 3.8) is 0 Å². The number of rotatable bonds is 3. The molecule has 0 spiro atoms. The van der Waals surface area contributed by atoms with Crippen LogP contribution in [0.15, 0.2) is 10.9 Å². The second kappa shape index (κ2) is 5.05. The summed E-state index contributed by atoms with van der Waals surface area (Å²) < 4.78 is 0. The highest BCUT2D eigenvalue weighted by Crippen LogP contribution is 2.31. The number of nitrogens with two attached hydrogens (primary N) is 1. The largest absolute Gasteiger partial charge is 0.330 e. The monoisotopic (exact) mass is 259 g/mol. The summed E-state index contributed by atoms with van der Waals surface area (Å²) in [7, 11) is 0. The smallest absolute Gasteiger partial charge is 0.267 e. The Bertz CT molecular complexity index is 639. The lowest BCUT2D eigenvalue weighted by Crippen LogP contribution is -2.12. The van der Waals surface area contributed by atoms with E-state index in [1.807, 2.05) is 0 Å². The van der Waals surface area contributed by atoms with Crippen LogP contribution in [0.4, 0.5) is 0 Å². The maximum atomic E-state index is 11.9. The number of hydrogen-bond acceptors (Lipinski definition) is 2. The number of H-pyrrole nitrogens is 2. The summed E-state index contributed by atoms with van der Waals surface area (Å²) in [6.45, 7) is 8.84. The first-order chi connectivity index (χ1) is 8.97. The molecular formula is C15H21N3O. The molecule has 0 saturated heterocycles. The molecule has 4 heteroatoms. The van der Waals surface area contributed by atoms with Gasteiger partial charge in [0.15, 0.2) is 0 Å². The zero-order valence-electron chi connectivity index (χ0n) is 12.0. The van der Waals surface area contributed by atoms with Crippen molar-refractivity contribution in [2.24, 2.45) is 5.73 Å². The van der Waals surface area contributed by atoms with Crippen LogP contribution in [0.1, 0.15) is 27.8 Å². The Kier molecular flexibility index (Phi) is 3.62. The molecule has 4 nitrogen and oxygen atoms in total. The van der Waals surface area contributed by atoms with E-state index in [0.29, 0.717) is 13.0 Å². The number of hydrogen-bond donors (Lipinski definition) is 3. The van der Waals surface area contributed by atoms with Gasteiger partial charge >= 0.3 is 0 Å². The fourth-order valence-electron chi connectivity index (χ4n) is 2.57. The Hall–Kier alpha value is -1.81. The van der Waals surface area contributed by atoms with Crippen LogP contribution in [0, 0.1) is 27.7 Å². The van der Waals surface area contributed by atoms with Gasteiger partial charge in [-0.15, -0.1) is 0 Å². The molecule has 0 aliphatic carbocycles. The van der Waals surface area contributed by atoms with Gasteiger partial charge in [0.05, 0.1) is 5.69 Å². The van der Waals surface area contributed by atoms with Gasteiger partial charge in [-0.3, -0.25) is 15.0 Å². The molecule has 0 aliphatic rings. The minimum absolute atomic E-state index is 0.0709. The second-order valence-corrected chi connectivity index (χ2v) is 5.11. The van der Waals surface area contributed by atoms with Crippen LogP contribution in [-0.2, 0) is 6.42 Å². The molecule has 0 saturated carbocycles. The Morgan fingerprint density at radius 3 is 2.16 bits per heavy atom. The van der Waals surface area contributed by atoms with Crippen molar-refractivity contribution in [2.45, 2.75) is 34.1 Å². The topological polar surface area (TPSA) is 74.7 Å². The maximum absolute atomic E-state index is 11.9. The Balaban J connectivity index is 2.76. The molecule has 0 fully saturated rings. The van der Waals surface area contributed by atoms with Gasteiger partial charge < -0.3 is 5.73 Å². The van der Waals surface area contributed by atoms with Crippen LogP contribution in [0.3, 0.4) is 0 Å². The number of aryl methyl sites for hydroxylation is 2. The number of benzene rings is 1. The zero-order chi connectivity index (χ0) is 14.2. The molecule has 2 aromatic rings. The van der Waals surface area contributed by atoms with Crippen molar-refractivity contribution in [3.8, 4) is 11.3 Å². The third-order valence-electron chi connectivity index (χ3n) is 3.89. The van der Waals surface area contributed by atoms with Crippen LogP contribution in [0.2, 0.25) is 0 Å². The minimum Gasteiger partial charge on any atom is -0.330 e. The first-order valence-corrected chi connectivity index (χ1v) is 6.54. The van der Waals surface area contributed by atoms with Gasteiger partial charge in [0.1, 0.15) is 0 Å². The van der Waals surface area contributed by atoms with E-state index in [4.69, 9.17) is 5.73 Å². The van der Waals surface area contributed by atoms with Gasteiger partial charge in [-0.05, 0) is 62.9 Å². The summed E-state index contributed by atoms with van der Waals surface area (Å²) >= 11 is 0. The van der Waals surface area contributed by atoms with Crippen LogP contribution in [-0.4, -0.2) is 16.7 Å². The third kappa shape index (κ3) is 2.24. The third-order valence-corrected chi connectivity index (χ3v) is 3.89. The fraction of sp³-hybridized carbons (Fsp3) is 0.400. The second-order valence-electron chi connectivity index (χ2n) is 5.11. The summed E-state index contributed by atoms with van der Waals surface area (Å²) in [4.78, 5) is 11.9. The Morgan fingerprint density at radius 1 is 1.05 bits per heavy atom. The lowest BCUT2D eigenvalue weighted by atomic mass is 9.90. The molecule has 19 heavy (non-hydrogen) atoms. The van der Waals surface area contributed by atoms with Gasteiger partial charge in [0, 0.05) is 11.1 Å². The van der Waals surface area contributed by atoms with Crippen molar-refractivity contribution >= 4 is 0 Å². The molecular weight excluding hydrogens is 238 g/mol. The zero-order valence-corrected chi connectivity index (χ0v) is 12.0. The predicted octanol–water partition coefficient (Wildman–Crippen LogP) is 2.10. The first kappa shape index (κ1) is 13.6. The molecule has 0 aliphatic heterocycles.